The van der Waals surface area contributed by atoms with E-state index in [2.05, 4.69) is 20.7 Å². The highest BCUT2D eigenvalue weighted by Gasteiger charge is 2.18. The topological polar surface area (TPSA) is 46.2 Å². The largest absolute Gasteiger partial charge is 0.250 e. The van der Waals surface area contributed by atoms with Gasteiger partial charge in [0.05, 0.1) is 8.81 Å². The van der Waals surface area contributed by atoms with Crippen LogP contribution in [0.1, 0.15) is 11.1 Å². The van der Waals surface area contributed by atoms with Crippen molar-refractivity contribution >= 4 is 48.9 Å². The summed E-state index contributed by atoms with van der Waals surface area (Å²) < 4.78 is 40.7. The molecule has 3 nitrogen and oxygen atoms in total. The lowest BCUT2D eigenvalue weighted by Gasteiger charge is -2.05. The number of thiophene rings is 1. The number of rotatable bonds is 4. The van der Waals surface area contributed by atoms with Gasteiger partial charge in [-0.2, -0.15) is 0 Å². The second-order valence-electron chi connectivity index (χ2n) is 4.10. The van der Waals surface area contributed by atoms with E-state index < -0.39 is 15.8 Å². The molecule has 0 saturated heterocycles. The van der Waals surface area contributed by atoms with Gasteiger partial charge in [-0.15, -0.1) is 11.3 Å². The van der Waals surface area contributed by atoms with Gasteiger partial charge in [-0.1, -0.05) is 17.7 Å². The molecule has 0 amide bonds. The predicted molar refractivity (Wildman–Crippen MR) is 82.2 cm³/mol. The minimum absolute atomic E-state index is 0.0311. The molecule has 0 aliphatic carbocycles. The number of aryl methyl sites for hydroxylation is 1. The molecule has 8 heteroatoms. The third-order valence-electron chi connectivity index (χ3n) is 2.55. The zero-order valence-corrected chi connectivity index (χ0v) is 14.3. The zero-order chi connectivity index (χ0) is 14.9. The maximum Gasteiger partial charge on any atom is 0.250 e. The first-order valence-corrected chi connectivity index (χ1v) is 8.96. The van der Waals surface area contributed by atoms with E-state index in [-0.39, 0.29) is 15.8 Å². The molecular formula is C12H10BrClFNO2S2. The molecule has 108 valence electrons. The fourth-order valence-corrected chi connectivity index (χ4v) is 4.95. The molecule has 0 atom stereocenters. The molecule has 0 saturated carbocycles. The smallest absolute Gasteiger partial charge is 0.206 e. The fraction of sp³-hybridized carbons (Fsp3) is 0.167. The van der Waals surface area contributed by atoms with Gasteiger partial charge < -0.3 is 0 Å². The average Bonchev–Trinajstić information content (AvgIpc) is 2.72. The van der Waals surface area contributed by atoms with Crippen LogP contribution in [0, 0.1) is 12.7 Å². The first-order valence-electron chi connectivity index (χ1n) is 5.49. The molecule has 0 bridgehead atoms. The van der Waals surface area contributed by atoms with Crippen molar-refractivity contribution < 1.29 is 12.8 Å². The molecule has 0 unspecified atom stereocenters. The van der Waals surface area contributed by atoms with Crippen molar-refractivity contribution in [2.45, 2.75) is 17.7 Å². The Bertz CT molecular complexity index is 726. The van der Waals surface area contributed by atoms with Crippen LogP contribution < -0.4 is 4.72 Å². The Balaban J connectivity index is 2.15. The lowest BCUT2D eigenvalue weighted by atomic mass is 10.2. The predicted octanol–water partition coefficient (Wildman–Crippen LogP) is 4.09. The lowest BCUT2D eigenvalue weighted by molar-refractivity contribution is 0.583. The van der Waals surface area contributed by atoms with Crippen molar-refractivity contribution in [3.8, 4) is 0 Å². The van der Waals surface area contributed by atoms with E-state index in [1.54, 1.807) is 6.07 Å². The summed E-state index contributed by atoms with van der Waals surface area (Å²) in [4.78, 5) is 0. The number of benzene rings is 1. The molecular weight excluding hydrogens is 389 g/mol. The first-order chi connectivity index (χ1) is 9.29. The SMILES string of the molecule is Cc1cc(S(=O)(=O)NCc2ccc(F)c(Cl)c2)sc1Br. The van der Waals surface area contributed by atoms with E-state index in [1.807, 2.05) is 6.92 Å². The normalized spacial score (nSPS) is 11.8. The summed E-state index contributed by atoms with van der Waals surface area (Å²) in [5, 5.41) is -0.0311. The van der Waals surface area contributed by atoms with Gasteiger partial charge in [0, 0.05) is 6.54 Å². The molecule has 2 rings (SSSR count). The molecule has 1 aromatic heterocycles. The van der Waals surface area contributed by atoms with Crippen LogP contribution in [0.25, 0.3) is 0 Å². The number of hydrogen-bond acceptors (Lipinski definition) is 3. The van der Waals surface area contributed by atoms with Crippen LogP contribution >= 0.6 is 38.9 Å². The van der Waals surface area contributed by atoms with Crippen molar-refractivity contribution in [1.82, 2.24) is 4.72 Å². The Kier molecular flexibility index (Phi) is 4.86. The van der Waals surface area contributed by atoms with E-state index in [9.17, 15) is 12.8 Å². The van der Waals surface area contributed by atoms with Gasteiger partial charge in [-0.25, -0.2) is 17.5 Å². The summed E-state index contributed by atoms with van der Waals surface area (Å²) in [6, 6.07) is 5.68. The van der Waals surface area contributed by atoms with E-state index in [4.69, 9.17) is 11.6 Å². The number of nitrogens with one attached hydrogen (secondary N) is 1. The summed E-state index contributed by atoms with van der Waals surface area (Å²) in [5.74, 6) is -0.531. The van der Waals surface area contributed by atoms with Crippen molar-refractivity contribution in [2.75, 3.05) is 0 Å². The van der Waals surface area contributed by atoms with Crippen LogP contribution in [-0.2, 0) is 16.6 Å². The van der Waals surface area contributed by atoms with Crippen LogP contribution in [-0.4, -0.2) is 8.42 Å². The average molecular weight is 399 g/mol. The Hall–Kier alpha value is -0.470. The van der Waals surface area contributed by atoms with E-state index in [1.165, 1.54) is 18.2 Å². The van der Waals surface area contributed by atoms with Gasteiger partial charge >= 0.3 is 0 Å². The van der Waals surface area contributed by atoms with Crippen LogP contribution in [0.15, 0.2) is 32.3 Å². The van der Waals surface area contributed by atoms with Gasteiger partial charge in [-0.3, -0.25) is 0 Å². The third-order valence-corrected chi connectivity index (χ3v) is 6.85. The van der Waals surface area contributed by atoms with Crippen molar-refractivity contribution in [1.29, 1.82) is 0 Å². The minimum Gasteiger partial charge on any atom is -0.206 e. The summed E-state index contributed by atoms with van der Waals surface area (Å²) in [5.41, 5.74) is 1.45. The number of hydrogen-bond donors (Lipinski definition) is 1. The Labute approximate surface area is 134 Å². The molecule has 20 heavy (non-hydrogen) atoms. The highest BCUT2D eigenvalue weighted by Crippen LogP contribution is 2.30. The molecule has 2 aromatic rings. The molecule has 0 fully saturated rings. The quantitative estimate of drug-likeness (QED) is 0.843. The zero-order valence-electron chi connectivity index (χ0n) is 10.3. The van der Waals surface area contributed by atoms with Gasteiger partial charge in [0.25, 0.3) is 0 Å². The molecule has 1 N–H and O–H groups in total. The Morgan fingerprint density at radius 1 is 1.40 bits per heavy atom. The highest BCUT2D eigenvalue weighted by molar-refractivity contribution is 9.11. The standard InChI is InChI=1S/C12H10BrClFNO2S2/c1-7-4-11(19-12(7)13)20(17,18)16-6-8-2-3-10(15)9(14)5-8/h2-5,16H,6H2,1H3. The van der Waals surface area contributed by atoms with Gasteiger partial charge in [0.15, 0.2) is 0 Å². The third kappa shape index (κ3) is 3.59. The van der Waals surface area contributed by atoms with Crippen LogP contribution in [0.3, 0.4) is 0 Å². The molecule has 0 spiro atoms. The fourth-order valence-electron chi connectivity index (χ4n) is 1.46. The second kappa shape index (κ2) is 6.11. The summed E-state index contributed by atoms with van der Waals surface area (Å²) >= 11 is 10.1. The van der Waals surface area contributed by atoms with E-state index >= 15 is 0 Å². The van der Waals surface area contributed by atoms with Crippen molar-refractivity contribution in [2.24, 2.45) is 0 Å². The highest BCUT2D eigenvalue weighted by atomic mass is 79.9. The summed E-state index contributed by atoms with van der Waals surface area (Å²) in [6.45, 7) is 1.87. The number of halogens is 3. The van der Waals surface area contributed by atoms with Gasteiger partial charge in [-0.05, 0) is 52.2 Å². The van der Waals surface area contributed by atoms with Crippen LogP contribution in [0.2, 0.25) is 5.02 Å². The minimum atomic E-state index is -3.58. The first kappa shape index (κ1) is 15.9. The molecule has 1 heterocycles. The lowest BCUT2D eigenvalue weighted by Crippen LogP contribution is -2.22. The second-order valence-corrected chi connectivity index (χ2v) is 8.87. The van der Waals surface area contributed by atoms with Crippen molar-refractivity contribution in [3.05, 3.63) is 50.0 Å². The number of sulfonamides is 1. The Morgan fingerprint density at radius 3 is 2.65 bits per heavy atom. The van der Waals surface area contributed by atoms with Gasteiger partial charge in [0.1, 0.15) is 10.0 Å². The molecule has 1 aromatic carbocycles. The molecule has 0 aliphatic heterocycles. The summed E-state index contributed by atoms with van der Waals surface area (Å²) in [7, 11) is -3.58. The van der Waals surface area contributed by atoms with E-state index in [0.717, 1.165) is 20.7 Å². The summed E-state index contributed by atoms with van der Waals surface area (Å²) in [6.07, 6.45) is 0. The maximum atomic E-state index is 13.0. The maximum absolute atomic E-state index is 13.0. The molecule has 0 aliphatic rings. The van der Waals surface area contributed by atoms with Gasteiger partial charge in [0.2, 0.25) is 10.0 Å². The van der Waals surface area contributed by atoms with Crippen molar-refractivity contribution in [3.63, 3.8) is 0 Å². The van der Waals surface area contributed by atoms with Crippen LogP contribution in [0.4, 0.5) is 4.39 Å². The Morgan fingerprint density at radius 2 is 2.10 bits per heavy atom. The monoisotopic (exact) mass is 397 g/mol. The van der Waals surface area contributed by atoms with E-state index in [0.29, 0.717) is 5.56 Å². The molecule has 0 radical (unpaired) electrons. The van der Waals surface area contributed by atoms with Crippen LogP contribution in [0.5, 0.6) is 0 Å².